The molecular formula is C10H16NO+. The summed E-state index contributed by atoms with van der Waals surface area (Å²) in [7, 11) is 2.01. The lowest BCUT2D eigenvalue weighted by atomic mass is 9.88. The Hall–Kier alpha value is -0.790. The highest BCUT2D eigenvalue weighted by Gasteiger charge is 2.20. The Balaban J connectivity index is 2.08. The quantitative estimate of drug-likeness (QED) is 0.584. The minimum absolute atomic E-state index is 0.694. The lowest BCUT2D eigenvalue weighted by molar-refractivity contribution is -0.674. The normalized spacial score (nSPS) is 19.8. The lowest BCUT2D eigenvalue weighted by Gasteiger charge is -2.17. The zero-order chi connectivity index (χ0) is 8.39. The predicted octanol–water partition coefficient (Wildman–Crippen LogP) is 2.15. The average molecular weight is 166 g/mol. The van der Waals surface area contributed by atoms with Crippen LogP contribution in [0.5, 0.6) is 0 Å². The number of aromatic nitrogens is 1. The molecule has 0 spiro atoms. The largest absolute Gasteiger partial charge is 0.409 e. The summed E-state index contributed by atoms with van der Waals surface area (Å²) in [5, 5.41) is 0. The molecule has 0 radical (unpaired) electrons. The fraction of sp³-hybridized carbons (Fsp3) is 0.700. The van der Waals surface area contributed by atoms with Crippen molar-refractivity contribution in [3.8, 4) is 0 Å². The van der Waals surface area contributed by atoms with Crippen LogP contribution in [0.3, 0.4) is 0 Å². The van der Waals surface area contributed by atoms with Gasteiger partial charge in [-0.25, -0.2) is 0 Å². The predicted molar refractivity (Wildman–Crippen MR) is 45.7 cm³/mol. The molecule has 0 aromatic carbocycles. The highest BCUT2D eigenvalue weighted by atomic mass is 16.3. The Bertz CT molecular complexity index is 248. The fourth-order valence-corrected chi connectivity index (χ4v) is 1.99. The topological polar surface area (TPSA) is 17.0 Å². The molecule has 2 heteroatoms. The summed E-state index contributed by atoms with van der Waals surface area (Å²) < 4.78 is 7.46. The van der Waals surface area contributed by atoms with Gasteiger partial charge in [-0.1, -0.05) is 19.3 Å². The van der Waals surface area contributed by atoms with Gasteiger partial charge in [0, 0.05) is 5.92 Å². The third kappa shape index (κ3) is 1.52. The first-order chi connectivity index (χ1) is 5.86. The van der Waals surface area contributed by atoms with Crippen molar-refractivity contribution >= 4 is 0 Å². The van der Waals surface area contributed by atoms with E-state index in [0.29, 0.717) is 5.92 Å². The van der Waals surface area contributed by atoms with E-state index >= 15 is 0 Å². The van der Waals surface area contributed by atoms with Gasteiger partial charge in [0.05, 0.1) is 0 Å². The number of nitrogens with zero attached hydrogens (tertiary/aromatic N) is 1. The van der Waals surface area contributed by atoms with Crippen LogP contribution in [0, 0.1) is 0 Å². The molecule has 2 nitrogen and oxygen atoms in total. The van der Waals surface area contributed by atoms with Crippen molar-refractivity contribution in [2.45, 2.75) is 38.0 Å². The Kier molecular flexibility index (Phi) is 2.15. The number of rotatable bonds is 1. The van der Waals surface area contributed by atoms with E-state index in [1.807, 2.05) is 11.6 Å². The molecule has 1 fully saturated rings. The summed E-state index contributed by atoms with van der Waals surface area (Å²) in [6.45, 7) is 0. The maximum Gasteiger partial charge on any atom is 0.334 e. The van der Waals surface area contributed by atoms with Crippen LogP contribution in [0.2, 0.25) is 0 Å². The molecule has 2 rings (SSSR count). The number of hydrogen-bond acceptors (Lipinski definition) is 1. The van der Waals surface area contributed by atoms with Gasteiger partial charge in [-0.05, 0) is 12.8 Å². The molecule has 12 heavy (non-hydrogen) atoms. The van der Waals surface area contributed by atoms with Gasteiger partial charge in [0.1, 0.15) is 7.05 Å². The van der Waals surface area contributed by atoms with E-state index in [-0.39, 0.29) is 0 Å². The van der Waals surface area contributed by atoms with Crippen LogP contribution in [-0.4, -0.2) is 0 Å². The summed E-state index contributed by atoms with van der Waals surface area (Å²) in [5.74, 6) is 1.87. The van der Waals surface area contributed by atoms with Crippen LogP contribution in [0.4, 0.5) is 0 Å². The second-order valence-electron chi connectivity index (χ2n) is 3.76. The molecule has 0 amide bonds. The van der Waals surface area contributed by atoms with Gasteiger partial charge in [0.25, 0.3) is 0 Å². The molecule has 0 aliphatic heterocycles. The van der Waals surface area contributed by atoms with E-state index in [1.165, 1.54) is 37.9 Å². The average Bonchev–Trinajstić information content (AvgIpc) is 2.54. The van der Waals surface area contributed by atoms with Crippen molar-refractivity contribution in [3.05, 3.63) is 18.4 Å². The van der Waals surface area contributed by atoms with Crippen LogP contribution in [0.25, 0.3) is 0 Å². The molecule has 1 saturated carbocycles. The molecule has 0 unspecified atom stereocenters. The van der Waals surface area contributed by atoms with Crippen molar-refractivity contribution in [3.63, 3.8) is 0 Å². The molecule has 0 saturated heterocycles. The number of oxazole rings is 1. The van der Waals surface area contributed by atoms with Gasteiger partial charge in [0.15, 0.2) is 5.76 Å². The Morgan fingerprint density at radius 2 is 2.08 bits per heavy atom. The molecule has 0 bridgehead atoms. The maximum absolute atomic E-state index is 5.47. The van der Waals surface area contributed by atoms with Gasteiger partial charge in [-0.2, -0.15) is 4.57 Å². The van der Waals surface area contributed by atoms with Crippen LogP contribution in [-0.2, 0) is 7.05 Å². The summed E-state index contributed by atoms with van der Waals surface area (Å²) >= 11 is 0. The molecule has 1 heterocycles. The van der Waals surface area contributed by atoms with Crippen molar-refractivity contribution in [1.29, 1.82) is 0 Å². The zero-order valence-electron chi connectivity index (χ0n) is 7.62. The summed E-state index contributed by atoms with van der Waals surface area (Å²) in [6, 6.07) is 0. The second kappa shape index (κ2) is 3.30. The smallest absolute Gasteiger partial charge is 0.334 e. The van der Waals surface area contributed by atoms with Gasteiger partial charge in [0.2, 0.25) is 6.20 Å². The monoisotopic (exact) mass is 166 g/mol. The Morgan fingerprint density at radius 3 is 2.67 bits per heavy atom. The molecule has 1 aliphatic carbocycles. The van der Waals surface area contributed by atoms with Gasteiger partial charge in [-0.15, -0.1) is 0 Å². The number of hydrogen-bond donors (Lipinski definition) is 0. The van der Waals surface area contributed by atoms with E-state index < -0.39 is 0 Å². The molecule has 1 aromatic heterocycles. The van der Waals surface area contributed by atoms with Gasteiger partial charge < -0.3 is 4.42 Å². The van der Waals surface area contributed by atoms with E-state index in [2.05, 4.69) is 6.20 Å². The van der Waals surface area contributed by atoms with Crippen LogP contribution in [0.1, 0.15) is 43.8 Å². The van der Waals surface area contributed by atoms with Crippen molar-refractivity contribution < 1.29 is 8.98 Å². The third-order valence-corrected chi connectivity index (χ3v) is 2.69. The molecule has 0 atom stereocenters. The SMILES string of the molecule is C[n+]1coc(C2CCCCC2)c1. The van der Waals surface area contributed by atoms with Crippen LogP contribution >= 0.6 is 0 Å². The highest BCUT2D eigenvalue weighted by molar-refractivity contribution is 4.96. The molecule has 0 N–H and O–H groups in total. The fourth-order valence-electron chi connectivity index (χ4n) is 1.99. The summed E-state index contributed by atoms with van der Waals surface area (Å²) in [4.78, 5) is 0. The standard InChI is InChI=1S/C10H16NO/c1-11-7-10(12-8-11)9-5-3-2-4-6-9/h7-9H,2-6H2,1H3/q+1. The first-order valence-electron chi connectivity index (χ1n) is 4.80. The highest BCUT2D eigenvalue weighted by Crippen LogP contribution is 2.31. The van der Waals surface area contributed by atoms with Gasteiger partial charge >= 0.3 is 6.39 Å². The first kappa shape index (κ1) is 7.84. The van der Waals surface area contributed by atoms with Gasteiger partial charge in [-0.3, -0.25) is 0 Å². The van der Waals surface area contributed by atoms with Crippen molar-refractivity contribution in [2.75, 3.05) is 0 Å². The minimum Gasteiger partial charge on any atom is -0.409 e. The Morgan fingerprint density at radius 1 is 1.33 bits per heavy atom. The maximum atomic E-state index is 5.47. The van der Waals surface area contributed by atoms with E-state index in [1.54, 1.807) is 6.39 Å². The van der Waals surface area contributed by atoms with E-state index in [4.69, 9.17) is 4.42 Å². The molecule has 1 aromatic rings. The summed E-state index contributed by atoms with van der Waals surface area (Å²) in [5.41, 5.74) is 0. The first-order valence-corrected chi connectivity index (χ1v) is 4.80. The summed E-state index contributed by atoms with van der Waals surface area (Å²) in [6.07, 6.45) is 10.7. The van der Waals surface area contributed by atoms with E-state index in [9.17, 15) is 0 Å². The molecular weight excluding hydrogens is 150 g/mol. The lowest BCUT2D eigenvalue weighted by Crippen LogP contribution is -2.23. The second-order valence-corrected chi connectivity index (χ2v) is 3.76. The Labute approximate surface area is 73.2 Å². The number of aryl methyl sites for hydroxylation is 1. The third-order valence-electron chi connectivity index (χ3n) is 2.69. The van der Waals surface area contributed by atoms with Crippen LogP contribution < -0.4 is 4.57 Å². The minimum atomic E-state index is 0.694. The molecule has 66 valence electrons. The van der Waals surface area contributed by atoms with E-state index in [0.717, 1.165) is 0 Å². The zero-order valence-corrected chi connectivity index (χ0v) is 7.62. The molecule has 1 aliphatic rings. The van der Waals surface area contributed by atoms with Crippen molar-refractivity contribution in [1.82, 2.24) is 0 Å². The van der Waals surface area contributed by atoms with Crippen LogP contribution in [0.15, 0.2) is 17.0 Å². The van der Waals surface area contributed by atoms with Crippen molar-refractivity contribution in [2.24, 2.45) is 7.05 Å².